The van der Waals surface area contributed by atoms with Crippen LogP contribution >= 0.6 is 11.8 Å². The molecule has 0 amide bonds. The highest BCUT2D eigenvalue weighted by atomic mass is 32.2. The number of para-hydroxylation sites is 1. The Kier molecular flexibility index (Phi) is 2.10. The number of hydrogen-bond donors (Lipinski definition) is 1. The van der Waals surface area contributed by atoms with E-state index in [9.17, 15) is 4.79 Å². The van der Waals surface area contributed by atoms with Crippen molar-refractivity contribution in [2.45, 2.75) is 0 Å². The van der Waals surface area contributed by atoms with Crippen molar-refractivity contribution in [1.82, 2.24) is 4.98 Å². The third-order valence-electron chi connectivity index (χ3n) is 1.99. The molecule has 1 N–H and O–H groups in total. The van der Waals surface area contributed by atoms with E-state index >= 15 is 0 Å². The van der Waals surface area contributed by atoms with Crippen molar-refractivity contribution in [3.05, 3.63) is 36.0 Å². The highest BCUT2D eigenvalue weighted by Gasteiger charge is 2.09. The maximum Gasteiger partial charge on any atom is 0.221 e. The number of H-pyrrole nitrogens is 1. The lowest BCUT2D eigenvalue weighted by Gasteiger charge is -1.92. The number of fused-ring (bicyclic) bond motifs is 1. The van der Waals surface area contributed by atoms with E-state index in [-0.39, 0.29) is 5.12 Å². The first kappa shape index (κ1) is 8.38. The second kappa shape index (κ2) is 3.26. The summed E-state index contributed by atoms with van der Waals surface area (Å²) in [6.07, 6.45) is 3.56. The predicted molar refractivity (Wildman–Crippen MR) is 56.1 cm³/mol. The molecule has 0 radical (unpaired) electrons. The van der Waals surface area contributed by atoms with Crippen LogP contribution in [0.4, 0.5) is 0 Å². The minimum Gasteiger partial charge on any atom is -0.360 e. The summed E-state index contributed by atoms with van der Waals surface area (Å²) in [5, 5.41) is 1.11. The summed E-state index contributed by atoms with van der Waals surface area (Å²) in [6.45, 7) is 0. The number of carbonyl (C=O) groups excluding carboxylic acids is 1. The first-order valence-corrected chi connectivity index (χ1v) is 5.20. The van der Waals surface area contributed by atoms with E-state index in [1.54, 1.807) is 12.5 Å². The molecule has 0 saturated carbocycles. The van der Waals surface area contributed by atoms with Gasteiger partial charge in [-0.15, -0.1) is 0 Å². The van der Waals surface area contributed by atoms with Gasteiger partial charge in [-0.3, -0.25) is 4.79 Å². The summed E-state index contributed by atoms with van der Waals surface area (Å²) in [5.74, 6) is 0. The Labute approximate surface area is 80.3 Å². The molecule has 2 rings (SSSR count). The summed E-state index contributed by atoms with van der Waals surface area (Å²) < 4.78 is 0. The van der Waals surface area contributed by atoms with E-state index in [2.05, 4.69) is 4.98 Å². The Balaban J connectivity index is 2.64. The van der Waals surface area contributed by atoms with Crippen molar-refractivity contribution in [2.24, 2.45) is 0 Å². The Bertz CT molecular complexity index is 447. The van der Waals surface area contributed by atoms with Crippen molar-refractivity contribution in [3.8, 4) is 0 Å². The van der Waals surface area contributed by atoms with Crippen molar-refractivity contribution in [3.63, 3.8) is 0 Å². The first-order valence-electron chi connectivity index (χ1n) is 3.97. The fourth-order valence-electron chi connectivity index (χ4n) is 1.35. The van der Waals surface area contributed by atoms with Crippen LogP contribution in [-0.4, -0.2) is 16.4 Å². The SMILES string of the molecule is CSC(=O)c1c[nH]c2ccccc12. The van der Waals surface area contributed by atoms with Gasteiger partial charge in [-0.25, -0.2) is 0 Å². The number of carbonyl (C=O) groups is 1. The number of aromatic nitrogens is 1. The van der Waals surface area contributed by atoms with Gasteiger partial charge in [0.05, 0.1) is 5.56 Å². The number of benzene rings is 1. The maximum absolute atomic E-state index is 11.4. The third-order valence-corrected chi connectivity index (χ3v) is 2.59. The summed E-state index contributed by atoms with van der Waals surface area (Å²) in [5.41, 5.74) is 1.78. The minimum atomic E-state index is 0.109. The molecule has 0 spiro atoms. The Morgan fingerprint density at radius 1 is 1.38 bits per heavy atom. The van der Waals surface area contributed by atoms with Gasteiger partial charge >= 0.3 is 0 Å². The molecule has 66 valence electrons. The quantitative estimate of drug-likeness (QED) is 0.751. The van der Waals surface area contributed by atoms with Crippen LogP contribution in [0.5, 0.6) is 0 Å². The number of rotatable bonds is 1. The van der Waals surface area contributed by atoms with Crippen LogP contribution in [0, 0.1) is 0 Å². The molecule has 0 aliphatic rings. The predicted octanol–water partition coefficient (Wildman–Crippen LogP) is 2.67. The van der Waals surface area contributed by atoms with Crippen LogP contribution < -0.4 is 0 Å². The molecule has 1 heterocycles. The average molecular weight is 191 g/mol. The lowest BCUT2D eigenvalue weighted by Crippen LogP contribution is -1.88. The zero-order valence-corrected chi connectivity index (χ0v) is 8.02. The van der Waals surface area contributed by atoms with Crippen LogP contribution in [0.25, 0.3) is 10.9 Å². The third kappa shape index (κ3) is 1.35. The highest BCUT2D eigenvalue weighted by molar-refractivity contribution is 8.13. The molecular weight excluding hydrogens is 182 g/mol. The van der Waals surface area contributed by atoms with Crippen molar-refractivity contribution >= 4 is 27.8 Å². The van der Waals surface area contributed by atoms with Crippen LogP contribution in [0.15, 0.2) is 30.5 Å². The molecule has 1 aromatic heterocycles. The van der Waals surface area contributed by atoms with E-state index in [0.717, 1.165) is 16.5 Å². The molecule has 1 aromatic carbocycles. The zero-order valence-electron chi connectivity index (χ0n) is 7.20. The zero-order chi connectivity index (χ0) is 9.26. The van der Waals surface area contributed by atoms with E-state index in [0.29, 0.717) is 0 Å². The maximum atomic E-state index is 11.4. The topological polar surface area (TPSA) is 32.9 Å². The van der Waals surface area contributed by atoms with Crippen molar-refractivity contribution in [2.75, 3.05) is 6.26 Å². The van der Waals surface area contributed by atoms with Crippen molar-refractivity contribution in [1.29, 1.82) is 0 Å². The number of nitrogens with one attached hydrogen (secondary N) is 1. The van der Waals surface area contributed by atoms with Gasteiger partial charge in [-0.2, -0.15) is 0 Å². The monoisotopic (exact) mass is 191 g/mol. The van der Waals surface area contributed by atoms with Crippen LogP contribution in [0.3, 0.4) is 0 Å². The molecule has 0 unspecified atom stereocenters. The number of aromatic amines is 1. The summed E-state index contributed by atoms with van der Waals surface area (Å²) in [6, 6.07) is 7.81. The Morgan fingerprint density at radius 2 is 2.15 bits per heavy atom. The van der Waals surface area contributed by atoms with Crippen LogP contribution in [0.2, 0.25) is 0 Å². The standard InChI is InChI=1S/C10H9NOS/c1-13-10(12)8-6-11-9-5-3-2-4-7(8)9/h2-6,11H,1H3. The van der Waals surface area contributed by atoms with Gasteiger partial charge in [-0.1, -0.05) is 30.0 Å². The molecular formula is C10H9NOS. The van der Waals surface area contributed by atoms with Gasteiger partial charge in [0.25, 0.3) is 0 Å². The fourth-order valence-corrected chi connectivity index (χ4v) is 1.74. The van der Waals surface area contributed by atoms with E-state index in [1.165, 1.54) is 11.8 Å². The second-order valence-electron chi connectivity index (χ2n) is 2.74. The van der Waals surface area contributed by atoms with E-state index < -0.39 is 0 Å². The van der Waals surface area contributed by atoms with Crippen LogP contribution in [-0.2, 0) is 0 Å². The van der Waals surface area contributed by atoms with Gasteiger partial charge in [0.1, 0.15) is 0 Å². The van der Waals surface area contributed by atoms with Crippen molar-refractivity contribution < 1.29 is 4.79 Å². The molecule has 0 atom stereocenters. The molecule has 13 heavy (non-hydrogen) atoms. The van der Waals surface area contributed by atoms with Gasteiger partial charge in [0.2, 0.25) is 5.12 Å². The molecule has 2 nitrogen and oxygen atoms in total. The summed E-state index contributed by atoms with van der Waals surface area (Å²) in [7, 11) is 0. The molecule has 2 aromatic rings. The number of hydrogen-bond acceptors (Lipinski definition) is 2. The molecule has 0 aliphatic carbocycles. The average Bonchev–Trinajstić information content (AvgIpc) is 2.60. The van der Waals surface area contributed by atoms with E-state index in [1.807, 2.05) is 24.3 Å². The van der Waals surface area contributed by atoms with E-state index in [4.69, 9.17) is 0 Å². The Morgan fingerprint density at radius 3 is 2.92 bits per heavy atom. The lowest BCUT2D eigenvalue weighted by molar-refractivity contribution is 0.109. The lowest BCUT2D eigenvalue weighted by atomic mass is 10.2. The molecule has 0 aliphatic heterocycles. The van der Waals surface area contributed by atoms with Gasteiger partial charge in [0, 0.05) is 17.1 Å². The first-order chi connectivity index (χ1) is 6.33. The fraction of sp³-hybridized carbons (Fsp3) is 0.100. The normalized spacial score (nSPS) is 10.5. The van der Waals surface area contributed by atoms with Crippen LogP contribution in [0.1, 0.15) is 10.4 Å². The molecule has 3 heteroatoms. The summed E-state index contributed by atoms with van der Waals surface area (Å²) in [4.78, 5) is 14.5. The smallest absolute Gasteiger partial charge is 0.221 e. The molecule has 0 saturated heterocycles. The largest absolute Gasteiger partial charge is 0.360 e. The second-order valence-corrected chi connectivity index (χ2v) is 3.52. The highest BCUT2D eigenvalue weighted by Crippen LogP contribution is 2.20. The molecule has 0 bridgehead atoms. The van der Waals surface area contributed by atoms with Gasteiger partial charge in [0.15, 0.2) is 0 Å². The Hall–Kier alpha value is -1.22. The minimum absolute atomic E-state index is 0.109. The number of thioether (sulfide) groups is 1. The van der Waals surface area contributed by atoms with Gasteiger partial charge in [-0.05, 0) is 12.3 Å². The summed E-state index contributed by atoms with van der Waals surface area (Å²) >= 11 is 1.24. The molecule has 0 fully saturated rings. The van der Waals surface area contributed by atoms with Gasteiger partial charge < -0.3 is 4.98 Å².